The number of aliphatic imine (C=N–C) groups is 1. The van der Waals surface area contributed by atoms with E-state index in [1.54, 1.807) is 7.05 Å². The highest BCUT2D eigenvalue weighted by molar-refractivity contribution is 7.89. The summed E-state index contributed by atoms with van der Waals surface area (Å²) < 4.78 is 32.4. The van der Waals surface area contributed by atoms with Gasteiger partial charge in [-0.2, -0.15) is 0 Å². The zero-order chi connectivity index (χ0) is 19.7. The summed E-state index contributed by atoms with van der Waals surface area (Å²) in [4.78, 5) is 17.7. The van der Waals surface area contributed by atoms with Crippen molar-refractivity contribution in [3.8, 4) is 0 Å². The molecule has 10 heteroatoms. The molecule has 0 aromatic heterocycles. The van der Waals surface area contributed by atoms with Crippen molar-refractivity contribution in [3.05, 3.63) is 0 Å². The lowest BCUT2D eigenvalue weighted by Crippen LogP contribution is -2.47. The molecular weight excluding hydrogens is 370 g/mol. The topological polar surface area (TPSA) is 112 Å². The minimum Gasteiger partial charge on any atom is -0.377 e. The summed E-state index contributed by atoms with van der Waals surface area (Å²) in [5.41, 5.74) is 0. The Bertz CT molecular complexity index is 604. The van der Waals surface area contributed by atoms with Crippen molar-refractivity contribution < 1.29 is 17.9 Å². The summed E-state index contributed by atoms with van der Waals surface area (Å²) >= 11 is 0. The Morgan fingerprint density at radius 1 is 1.30 bits per heavy atom. The number of nitrogens with zero attached hydrogens (tertiary/aromatic N) is 2. The molecule has 0 saturated carbocycles. The fourth-order valence-corrected chi connectivity index (χ4v) is 4.24. The van der Waals surface area contributed by atoms with Gasteiger partial charge in [-0.25, -0.2) is 13.1 Å². The van der Waals surface area contributed by atoms with Crippen molar-refractivity contribution in [1.82, 2.24) is 20.3 Å². The maximum absolute atomic E-state index is 12.1. The van der Waals surface area contributed by atoms with Gasteiger partial charge in [-0.15, -0.1) is 0 Å². The highest BCUT2D eigenvalue weighted by Crippen LogP contribution is 2.12. The molecule has 3 N–H and O–H groups in total. The number of likely N-dealkylation sites (tertiary alicyclic amines) is 1. The number of hydrogen-bond acceptors (Lipinski definition) is 5. The van der Waals surface area contributed by atoms with Crippen molar-refractivity contribution in [2.75, 3.05) is 45.6 Å². The van der Waals surface area contributed by atoms with Crippen molar-refractivity contribution >= 4 is 21.9 Å². The second kappa shape index (κ2) is 10.8. The van der Waals surface area contributed by atoms with Crippen LogP contribution in [0, 0.1) is 0 Å². The summed E-state index contributed by atoms with van der Waals surface area (Å²) in [7, 11) is -1.72. The molecule has 0 radical (unpaired) electrons. The lowest BCUT2D eigenvalue weighted by Gasteiger charge is -2.22. The SMILES string of the molecule is CCC(=O)N1CCC(NC(=NC)NCCS(=O)(=O)NCC2CCCCO2)C1. The second-order valence-corrected chi connectivity index (χ2v) is 8.90. The van der Waals surface area contributed by atoms with E-state index in [0.717, 1.165) is 32.2 Å². The number of sulfonamides is 1. The average Bonchev–Trinajstić information content (AvgIpc) is 3.14. The fraction of sp³-hybridized carbons (Fsp3) is 0.882. The third-order valence-corrected chi connectivity index (χ3v) is 6.22. The smallest absolute Gasteiger partial charge is 0.222 e. The van der Waals surface area contributed by atoms with Gasteiger partial charge in [-0.1, -0.05) is 6.92 Å². The first-order chi connectivity index (χ1) is 12.9. The van der Waals surface area contributed by atoms with Crippen LogP contribution in [0.1, 0.15) is 39.0 Å². The number of hydrogen-bond donors (Lipinski definition) is 3. The molecule has 27 heavy (non-hydrogen) atoms. The van der Waals surface area contributed by atoms with Crippen LogP contribution in [-0.4, -0.2) is 82.9 Å². The van der Waals surface area contributed by atoms with Crippen LogP contribution >= 0.6 is 0 Å². The Morgan fingerprint density at radius 3 is 2.78 bits per heavy atom. The first kappa shape index (κ1) is 21.9. The van der Waals surface area contributed by atoms with E-state index in [1.165, 1.54) is 0 Å². The van der Waals surface area contributed by atoms with E-state index in [4.69, 9.17) is 4.74 Å². The number of amides is 1. The van der Waals surface area contributed by atoms with Gasteiger partial charge in [0, 0.05) is 52.3 Å². The van der Waals surface area contributed by atoms with E-state index in [-0.39, 0.29) is 30.4 Å². The molecule has 9 nitrogen and oxygen atoms in total. The predicted molar refractivity (Wildman–Crippen MR) is 105 cm³/mol. The largest absolute Gasteiger partial charge is 0.377 e. The highest BCUT2D eigenvalue weighted by Gasteiger charge is 2.26. The number of carbonyl (C=O) groups excluding carboxylic acids is 1. The summed E-state index contributed by atoms with van der Waals surface area (Å²) in [5.74, 6) is 0.670. The van der Waals surface area contributed by atoms with E-state index in [9.17, 15) is 13.2 Å². The third-order valence-electron chi connectivity index (χ3n) is 4.88. The molecule has 1 amide bonds. The number of guanidine groups is 1. The molecule has 2 aliphatic rings. The molecule has 2 heterocycles. The molecule has 156 valence electrons. The van der Waals surface area contributed by atoms with Gasteiger partial charge >= 0.3 is 0 Å². The van der Waals surface area contributed by atoms with Crippen molar-refractivity contribution in [2.45, 2.75) is 51.2 Å². The molecule has 0 bridgehead atoms. The quantitative estimate of drug-likeness (QED) is 0.377. The summed E-state index contributed by atoms with van der Waals surface area (Å²) in [6.07, 6.45) is 4.37. The van der Waals surface area contributed by atoms with E-state index in [0.29, 0.717) is 32.1 Å². The van der Waals surface area contributed by atoms with E-state index >= 15 is 0 Å². The first-order valence-corrected chi connectivity index (χ1v) is 11.4. The van der Waals surface area contributed by atoms with Crippen LogP contribution in [0.3, 0.4) is 0 Å². The van der Waals surface area contributed by atoms with Gasteiger partial charge in [-0.05, 0) is 25.7 Å². The Labute approximate surface area is 162 Å². The molecule has 2 saturated heterocycles. The minimum absolute atomic E-state index is 0.0212. The molecular formula is C17H33N5O4S. The van der Waals surface area contributed by atoms with E-state index < -0.39 is 10.0 Å². The van der Waals surface area contributed by atoms with Gasteiger partial charge in [0.2, 0.25) is 15.9 Å². The van der Waals surface area contributed by atoms with Gasteiger partial charge in [-0.3, -0.25) is 9.79 Å². The molecule has 0 spiro atoms. The van der Waals surface area contributed by atoms with Crippen LogP contribution < -0.4 is 15.4 Å². The van der Waals surface area contributed by atoms with Crippen LogP contribution in [0.4, 0.5) is 0 Å². The van der Waals surface area contributed by atoms with Gasteiger partial charge < -0.3 is 20.3 Å². The Hall–Kier alpha value is -1.39. The monoisotopic (exact) mass is 403 g/mol. The first-order valence-electron chi connectivity index (χ1n) is 9.77. The molecule has 0 aromatic rings. The van der Waals surface area contributed by atoms with Gasteiger partial charge in [0.1, 0.15) is 0 Å². The number of carbonyl (C=O) groups is 1. The lowest BCUT2D eigenvalue weighted by molar-refractivity contribution is -0.129. The van der Waals surface area contributed by atoms with Crippen molar-refractivity contribution in [3.63, 3.8) is 0 Å². The molecule has 0 aromatic carbocycles. The third kappa shape index (κ3) is 7.63. The Kier molecular flexibility index (Phi) is 8.78. The molecule has 2 unspecified atom stereocenters. The molecule has 2 rings (SSSR count). The van der Waals surface area contributed by atoms with Crippen LogP contribution in [0.15, 0.2) is 4.99 Å². The van der Waals surface area contributed by atoms with Crippen LogP contribution in [0.2, 0.25) is 0 Å². The predicted octanol–water partition coefficient (Wildman–Crippen LogP) is -0.349. The molecule has 0 aliphatic carbocycles. The highest BCUT2D eigenvalue weighted by atomic mass is 32.2. The maximum atomic E-state index is 12.1. The van der Waals surface area contributed by atoms with Crippen LogP contribution in [-0.2, 0) is 19.6 Å². The summed E-state index contributed by atoms with van der Waals surface area (Å²) in [5, 5.41) is 6.29. The van der Waals surface area contributed by atoms with Gasteiger partial charge in [0.15, 0.2) is 5.96 Å². The average molecular weight is 404 g/mol. The van der Waals surface area contributed by atoms with Gasteiger partial charge in [0.25, 0.3) is 0 Å². The van der Waals surface area contributed by atoms with Gasteiger partial charge in [0.05, 0.1) is 11.9 Å². The number of rotatable bonds is 8. The molecule has 2 aliphatic heterocycles. The lowest BCUT2D eigenvalue weighted by atomic mass is 10.1. The summed E-state index contributed by atoms with van der Waals surface area (Å²) in [6.45, 7) is 4.54. The fourth-order valence-electron chi connectivity index (χ4n) is 3.28. The number of nitrogens with one attached hydrogen (secondary N) is 3. The maximum Gasteiger partial charge on any atom is 0.222 e. The summed E-state index contributed by atoms with van der Waals surface area (Å²) in [6, 6.07) is 0.130. The van der Waals surface area contributed by atoms with Crippen molar-refractivity contribution in [2.24, 2.45) is 4.99 Å². The van der Waals surface area contributed by atoms with Crippen LogP contribution in [0.5, 0.6) is 0 Å². The standard InChI is InChI=1S/C17H33N5O4S/c1-3-16(23)22-9-7-14(13-22)21-17(18-2)19-8-11-27(24,25)20-12-15-6-4-5-10-26-15/h14-15,20H,3-13H2,1-2H3,(H2,18,19,21). The second-order valence-electron chi connectivity index (χ2n) is 6.98. The van der Waals surface area contributed by atoms with Crippen molar-refractivity contribution in [1.29, 1.82) is 0 Å². The number of ether oxygens (including phenoxy) is 1. The Morgan fingerprint density at radius 2 is 2.11 bits per heavy atom. The zero-order valence-corrected chi connectivity index (χ0v) is 17.2. The van der Waals surface area contributed by atoms with E-state index in [1.807, 2.05) is 11.8 Å². The Balaban J connectivity index is 1.67. The molecule has 2 fully saturated rings. The molecule has 2 atom stereocenters. The van der Waals surface area contributed by atoms with E-state index in [2.05, 4.69) is 20.3 Å². The normalized spacial score (nSPS) is 24.1. The zero-order valence-electron chi connectivity index (χ0n) is 16.4. The van der Waals surface area contributed by atoms with Crippen LogP contribution in [0.25, 0.3) is 0 Å². The minimum atomic E-state index is -3.36.